The van der Waals surface area contributed by atoms with Gasteiger partial charge in [0.25, 0.3) is 5.91 Å². The molecule has 2 aromatic rings. The molecular formula is C22H26FN3O. The van der Waals surface area contributed by atoms with Gasteiger partial charge in [-0.2, -0.15) is 0 Å². The highest BCUT2D eigenvalue weighted by molar-refractivity contribution is 5.81. The van der Waals surface area contributed by atoms with Crippen LogP contribution < -0.4 is 16.2 Å². The lowest BCUT2D eigenvalue weighted by Gasteiger charge is -2.22. The molecular weight excluding hydrogens is 341 g/mol. The summed E-state index contributed by atoms with van der Waals surface area (Å²) in [5, 5.41) is 2.76. The van der Waals surface area contributed by atoms with Crippen molar-refractivity contribution in [3.8, 4) is 0 Å². The molecule has 0 spiro atoms. The third kappa shape index (κ3) is 5.33. The molecule has 1 saturated carbocycles. The third-order valence-electron chi connectivity index (χ3n) is 5.00. The summed E-state index contributed by atoms with van der Waals surface area (Å²) in [6, 6.07) is 14.6. The molecule has 5 heteroatoms. The Morgan fingerprint density at radius 3 is 2.41 bits per heavy atom. The number of carbonyl (C=O) groups excluding carboxylic acids is 1. The Bertz CT molecular complexity index is 782. The molecule has 1 aliphatic rings. The average Bonchev–Trinajstić information content (AvgIpc) is 2.72. The molecule has 0 heterocycles. The summed E-state index contributed by atoms with van der Waals surface area (Å²) in [4.78, 5) is 11.9. The van der Waals surface area contributed by atoms with Crippen molar-refractivity contribution < 1.29 is 9.18 Å². The Hall–Kier alpha value is -2.82. The van der Waals surface area contributed by atoms with Gasteiger partial charge in [-0.3, -0.25) is 15.6 Å². The Morgan fingerprint density at radius 1 is 1.00 bits per heavy atom. The van der Waals surface area contributed by atoms with Gasteiger partial charge in [0.15, 0.2) is 0 Å². The molecule has 0 radical (unpaired) electrons. The number of hydrogen-bond donors (Lipinski definition) is 3. The molecule has 3 rings (SSSR count). The number of benzene rings is 2. The van der Waals surface area contributed by atoms with Crippen molar-refractivity contribution in [2.75, 3.05) is 11.9 Å². The van der Waals surface area contributed by atoms with E-state index in [-0.39, 0.29) is 18.3 Å². The molecule has 0 aliphatic heterocycles. The minimum Gasteiger partial charge on any atom is -0.374 e. The molecule has 27 heavy (non-hydrogen) atoms. The molecule has 4 nitrogen and oxygen atoms in total. The number of rotatable bonds is 7. The van der Waals surface area contributed by atoms with E-state index < -0.39 is 0 Å². The van der Waals surface area contributed by atoms with Crippen LogP contribution in [0.15, 0.2) is 55.1 Å². The zero-order valence-corrected chi connectivity index (χ0v) is 15.4. The fourth-order valence-corrected chi connectivity index (χ4v) is 3.43. The molecule has 0 unspecified atom stereocenters. The lowest BCUT2D eigenvalue weighted by atomic mass is 9.84. The van der Waals surface area contributed by atoms with Crippen LogP contribution in [0.2, 0.25) is 0 Å². The van der Waals surface area contributed by atoms with Crippen LogP contribution in [0.3, 0.4) is 0 Å². The van der Waals surface area contributed by atoms with Gasteiger partial charge in [0, 0.05) is 0 Å². The van der Waals surface area contributed by atoms with Gasteiger partial charge in [0.2, 0.25) is 0 Å². The Balaban J connectivity index is 1.45. The number of amides is 1. The SMILES string of the molecule is C=C(NNC(=O)CNc1ccccc1F)c1ccc(C2CCCCC2)cc1. The molecule has 0 bridgehead atoms. The number of para-hydroxylation sites is 1. The summed E-state index contributed by atoms with van der Waals surface area (Å²) >= 11 is 0. The van der Waals surface area contributed by atoms with Crippen LogP contribution in [-0.2, 0) is 4.79 Å². The molecule has 1 amide bonds. The molecule has 0 atom stereocenters. The second-order valence-corrected chi connectivity index (χ2v) is 6.94. The van der Waals surface area contributed by atoms with E-state index in [1.165, 1.54) is 43.7 Å². The summed E-state index contributed by atoms with van der Waals surface area (Å²) < 4.78 is 13.5. The monoisotopic (exact) mass is 367 g/mol. The molecule has 1 aliphatic carbocycles. The lowest BCUT2D eigenvalue weighted by Crippen LogP contribution is -2.39. The first kappa shape index (κ1) is 19.0. The van der Waals surface area contributed by atoms with Crippen molar-refractivity contribution in [2.24, 2.45) is 0 Å². The number of hydrogen-bond acceptors (Lipinski definition) is 3. The predicted molar refractivity (Wildman–Crippen MR) is 107 cm³/mol. The van der Waals surface area contributed by atoms with Crippen LogP contribution in [0.1, 0.15) is 49.1 Å². The smallest absolute Gasteiger partial charge is 0.257 e. The maximum Gasteiger partial charge on any atom is 0.257 e. The molecule has 0 aromatic heterocycles. The highest BCUT2D eigenvalue weighted by Gasteiger charge is 2.15. The molecule has 3 N–H and O–H groups in total. The van der Waals surface area contributed by atoms with E-state index >= 15 is 0 Å². The van der Waals surface area contributed by atoms with Crippen molar-refractivity contribution >= 4 is 17.3 Å². The summed E-state index contributed by atoms with van der Waals surface area (Å²) in [5.41, 5.74) is 8.61. The van der Waals surface area contributed by atoms with Gasteiger partial charge < -0.3 is 5.32 Å². The maximum atomic E-state index is 13.5. The van der Waals surface area contributed by atoms with E-state index in [1.54, 1.807) is 18.2 Å². The topological polar surface area (TPSA) is 53.2 Å². The Labute approximate surface area is 159 Å². The van der Waals surface area contributed by atoms with E-state index in [0.29, 0.717) is 17.3 Å². The van der Waals surface area contributed by atoms with Crippen LogP contribution in [0, 0.1) is 5.82 Å². The lowest BCUT2D eigenvalue weighted by molar-refractivity contribution is -0.120. The first-order valence-corrected chi connectivity index (χ1v) is 9.46. The fourth-order valence-electron chi connectivity index (χ4n) is 3.43. The molecule has 142 valence electrons. The quantitative estimate of drug-likeness (QED) is 0.628. The van der Waals surface area contributed by atoms with Gasteiger partial charge >= 0.3 is 0 Å². The van der Waals surface area contributed by atoms with Gasteiger partial charge in [0.05, 0.1) is 17.9 Å². The standard InChI is InChI=1S/C22H26FN3O/c1-16(17-11-13-19(14-12-17)18-7-3-2-4-8-18)25-26-22(27)15-24-21-10-6-5-9-20(21)23/h5-6,9-14,18,24-25H,1-4,7-8,15H2,(H,26,27). The summed E-state index contributed by atoms with van der Waals surface area (Å²) in [5.74, 6) is -0.0304. The summed E-state index contributed by atoms with van der Waals surface area (Å²) in [7, 11) is 0. The molecule has 1 fully saturated rings. The second kappa shape index (κ2) is 9.21. The Morgan fingerprint density at radius 2 is 1.70 bits per heavy atom. The number of hydrazine groups is 1. The van der Waals surface area contributed by atoms with Crippen LogP contribution in [0.25, 0.3) is 5.70 Å². The van der Waals surface area contributed by atoms with Crippen LogP contribution in [0.4, 0.5) is 10.1 Å². The predicted octanol–water partition coefficient (Wildman–Crippen LogP) is 4.58. The van der Waals surface area contributed by atoms with Crippen molar-refractivity contribution in [2.45, 2.75) is 38.0 Å². The number of nitrogens with one attached hydrogen (secondary N) is 3. The van der Waals surface area contributed by atoms with Crippen molar-refractivity contribution in [1.29, 1.82) is 0 Å². The van der Waals surface area contributed by atoms with Gasteiger partial charge in [-0.05, 0) is 42.0 Å². The minimum absolute atomic E-state index is 0.0399. The van der Waals surface area contributed by atoms with E-state index in [0.717, 1.165) is 5.56 Å². The normalized spacial score (nSPS) is 14.4. The van der Waals surface area contributed by atoms with E-state index in [9.17, 15) is 9.18 Å². The third-order valence-corrected chi connectivity index (χ3v) is 5.00. The van der Waals surface area contributed by atoms with E-state index in [4.69, 9.17) is 0 Å². The average molecular weight is 367 g/mol. The first-order valence-electron chi connectivity index (χ1n) is 9.46. The Kier molecular flexibility index (Phi) is 6.47. The maximum absolute atomic E-state index is 13.5. The largest absolute Gasteiger partial charge is 0.374 e. The van der Waals surface area contributed by atoms with Gasteiger partial charge in [-0.15, -0.1) is 0 Å². The number of anilines is 1. The highest BCUT2D eigenvalue weighted by atomic mass is 19.1. The zero-order chi connectivity index (χ0) is 19.1. The number of halogens is 1. The number of carbonyl (C=O) groups is 1. The highest BCUT2D eigenvalue weighted by Crippen LogP contribution is 2.32. The van der Waals surface area contributed by atoms with Crippen molar-refractivity contribution in [3.63, 3.8) is 0 Å². The van der Waals surface area contributed by atoms with Gasteiger partial charge in [-0.25, -0.2) is 4.39 Å². The minimum atomic E-state index is -0.388. The van der Waals surface area contributed by atoms with Gasteiger partial charge in [0.1, 0.15) is 5.82 Å². The molecule has 0 saturated heterocycles. The van der Waals surface area contributed by atoms with Crippen LogP contribution >= 0.6 is 0 Å². The van der Waals surface area contributed by atoms with Crippen molar-refractivity contribution in [1.82, 2.24) is 10.9 Å². The fraction of sp³-hybridized carbons (Fsp3) is 0.318. The zero-order valence-electron chi connectivity index (χ0n) is 15.4. The second-order valence-electron chi connectivity index (χ2n) is 6.94. The molecule has 2 aromatic carbocycles. The van der Waals surface area contributed by atoms with Crippen LogP contribution in [-0.4, -0.2) is 12.5 Å². The first-order chi connectivity index (χ1) is 13.1. The van der Waals surface area contributed by atoms with Crippen molar-refractivity contribution in [3.05, 3.63) is 72.1 Å². The summed E-state index contributed by atoms with van der Waals surface area (Å²) in [6.07, 6.45) is 6.51. The van der Waals surface area contributed by atoms with Gasteiger partial charge in [-0.1, -0.05) is 62.2 Å². The summed E-state index contributed by atoms with van der Waals surface area (Å²) in [6.45, 7) is 3.93. The van der Waals surface area contributed by atoms with E-state index in [1.807, 2.05) is 12.1 Å². The van der Waals surface area contributed by atoms with Crippen LogP contribution in [0.5, 0.6) is 0 Å². The van der Waals surface area contributed by atoms with E-state index in [2.05, 4.69) is 34.9 Å².